The zero-order valence-electron chi connectivity index (χ0n) is 12.9. The summed E-state index contributed by atoms with van der Waals surface area (Å²) in [6.45, 7) is 1.70. The Bertz CT molecular complexity index is 440. The summed E-state index contributed by atoms with van der Waals surface area (Å²) in [4.78, 5) is 30.2. The molecule has 6 heteroatoms. The summed E-state index contributed by atoms with van der Waals surface area (Å²) in [7, 11) is 4.06. The largest absolute Gasteiger partial charge is 0.481 e. The lowest BCUT2D eigenvalue weighted by Crippen LogP contribution is -2.50. The minimum absolute atomic E-state index is 0.0793. The molecule has 0 aromatic rings. The number of carboxylic acids is 1. The van der Waals surface area contributed by atoms with Gasteiger partial charge in [-0.15, -0.1) is 0 Å². The number of aliphatic carboxylic acids is 1. The molecule has 3 heterocycles. The highest BCUT2D eigenvalue weighted by molar-refractivity contribution is 5.80. The summed E-state index contributed by atoms with van der Waals surface area (Å²) in [5.41, 5.74) is 0. The third-order valence-electron chi connectivity index (χ3n) is 5.27. The van der Waals surface area contributed by atoms with Crippen molar-refractivity contribution in [1.29, 1.82) is 0 Å². The Balaban J connectivity index is 1.72. The fraction of sp³-hybridized carbons (Fsp3) is 0.867. The van der Waals surface area contributed by atoms with E-state index in [1.807, 2.05) is 23.9 Å². The van der Waals surface area contributed by atoms with Crippen molar-refractivity contribution in [3.8, 4) is 0 Å². The van der Waals surface area contributed by atoms with Crippen molar-refractivity contribution in [3.05, 3.63) is 0 Å². The number of urea groups is 1. The molecule has 21 heavy (non-hydrogen) atoms. The molecule has 3 aliphatic rings. The van der Waals surface area contributed by atoms with Crippen LogP contribution in [0.15, 0.2) is 0 Å². The minimum atomic E-state index is -0.744. The van der Waals surface area contributed by atoms with Gasteiger partial charge in [-0.3, -0.25) is 4.79 Å². The SMILES string of the molecule is CN(C)CC1CCCN1C(=O)N1C2CCC1C(C(=O)O)C2. The van der Waals surface area contributed by atoms with Crippen molar-refractivity contribution in [3.63, 3.8) is 0 Å². The molecular formula is C15H25N3O3. The van der Waals surface area contributed by atoms with Crippen LogP contribution >= 0.6 is 0 Å². The number of carbonyl (C=O) groups is 2. The predicted molar refractivity (Wildman–Crippen MR) is 78.1 cm³/mol. The molecule has 1 N–H and O–H groups in total. The first-order valence-electron chi connectivity index (χ1n) is 7.95. The monoisotopic (exact) mass is 295 g/mol. The first kappa shape index (κ1) is 14.6. The summed E-state index contributed by atoms with van der Waals surface area (Å²) in [5, 5.41) is 9.31. The lowest BCUT2D eigenvalue weighted by molar-refractivity contribution is -0.142. The van der Waals surface area contributed by atoms with E-state index >= 15 is 0 Å². The van der Waals surface area contributed by atoms with E-state index in [-0.39, 0.29) is 30.1 Å². The van der Waals surface area contributed by atoms with Crippen LogP contribution in [0.2, 0.25) is 0 Å². The summed E-state index contributed by atoms with van der Waals surface area (Å²) in [6.07, 6.45) is 4.55. The van der Waals surface area contributed by atoms with Crippen molar-refractivity contribution in [2.24, 2.45) is 5.92 Å². The van der Waals surface area contributed by atoms with E-state index in [0.29, 0.717) is 6.42 Å². The molecule has 0 aromatic carbocycles. The summed E-state index contributed by atoms with van der Waals surface area (Å²) >= 11 is 0. The van der Waals surface area contributed by atoms with Crippen molar-refractivity contribution < 1.29 is 14.7 Å². The molecule has 0 spiro atoms. The van der Waals surface area contributed by atoms with Gasteiger partial charge < -0.3 is 19.8 Å². The Kier molecular flexibility index (Phi) is 3.82. The molecule has 0 aromatic heterocycles. The lowest BCUT2D eigenvalue weighted by atomic mass is 9.89. The van der Waals surface area contributed by atoms with Crippen molar-refractivity contribution in [2.75, 3.05) is 27.2 Å². The molecule has 4 unspecified atom stereocenters. The average molecular weight is 295 g/mol. The molecule has 0 radical (unpaired) electrons. The molecule has 118 valence electrons. The second-order valence-electron chi connectivity index (χ2n) is 6.92. The zero-order valence-corrected chi connectivity index (χ0v) is 12.9. The van der Waals surface area contributed by atoms with Crippen LogP contribution in [-0.2, 0) is 4.79 Å². The Morgan fingerprint density at radius 3 is 2.62 bits per heavy atom. The highest BCUT2D eigenvalue weighted by Gasteiger charge is 2.52. The number of carboxylic acid groups (broad SMARTS) is 1. The van der Waals surface area contributed by atoms with Gasteiger partial charge in [-0.05, 0) is 46.2 Å². The maximum atomic E-state index is 12.9. The predicted octanol–water partition coefficient (Wildman–Crippen LogP) is 1.07. The normalized spacial score (nSPS) is 35.0. The van der Waals surface area contributed by atoms with E-state index in [4.69, 9.17) is 0 Å². The van der Waals surface area contributed by atoms with E-state index in [2.05, 4.69) is 4.90 Å². The van der Waals surface area contributed by atoms with Crippen LogP contribution in [0.3, 0.4) is 0 Å². The van der Waals surface area contributed by atoms with Gasteiger partial charge in [0.05, 0.1) is 5.92 Å². The second-order valence-corrected chi connectivity index (χ2v) is 6.92. The van der Waals surface area contributed by atoms with E-state index < -0.39 is 5.97 Å². The van der Waals surface area contributed by atoms with Crippen molar-refractivity contribution in [1.82, 2.24) is 14.7 Å². The molecule has 6 nitrogen and oxygen atoms in total. The molecule has 0 saturated carbocycles. The third-order valence-corrected chi connectivity index (χ3v) is 5.27. The van der Waals surface area contributed by atoms with Crippen LogP contribution in [0.25, 0.3) is 0 Å². The quantitative estimate of drug-likeness (QED) is 0.846. The Hall–Kier alpha value is -1.30. The Morgan fingerprint density at radius 2 is 2.00 bits per heavy atom. The Labute approximate surface area is 125 Å². The van der Waals surface area contributed by atoms with Gasteiger partial charge in [0, 0.05) is 31.2 Å². The van der Waals surface area contributed by atoms with Crippen LogP contribution < -0.4 is 0 Å². The topological polar surface area (TPSA) is 64.1 Å². The van der Waals surface area contributed by atoms with Crippen molar-refractivity contribution in [2.45, 2.75) is 50.2 Å². The van der Waals surface area contributed by atoms with Gasteiger partial charge in [-0.1, -0.05) is 0 Å². The van der Waals surface area contributed by atoms with Crippen LogP contribution in [0.4, 0.5) is 4.79 Å². The number of hydrogen-bond donors (Lipinski definition) is 1. The molecular weight excluding hydrogens is 270 g/mol. The van der Waals surface area contributed by atoms with Crippen LogP contribution in [0.5, 0.6) is 0 Å². The first-order chi connectivity index (χ1) is 9.99. The van der Waals surface area contributed by atoms with Crippen LogP contribution in [0, 0.1) is 5.92 Å². The number of nitrogens with zero attached hydrogens (tertiary/aromatic N) is 3. The fourth-order valence-corrected chi connectivity index (χ4v) is 4.40. The number of rotatable bonds is 3. The van der Waals surface area contributed by atoms with Gasteiger partial charge >= 0.3 is 12.0 Å². The maximum Gasteiger partial charge on any atom is 0.320 e. The molecule has 3 saturated heterocycles. The number of carbonyl (C=O) groups excluding carboxylic acids is 1. The summed E-state index contributed by atoms with van der Waals surface area (Å²) in [5.74, 6) is -1.10. The molecule has 0 aliphatic carbocycles. The van der Waals surface area contributed by atoms with Gasteiger partial charge in [0.25, 0.3) is 0 Å². The van der Waals surface area contributed by atoms with E-state index in [1.54, 1.807) is 0 Å². The van der Waals surface area contributed by atoms with Gasteiger partial charge in [-0.2, -0.15) is 0 Å². The number of amides is 2. The standard InChI is InChI=1S/C15H25N3O3/c1-16(2)9-11-4-3-7-17(11)15(21)18-10-5-6-13(18)12(8-10)14(19)20/h10-13H,3-9H2,1-2H3,(H,19,20). The van der Waals surface area contributed by atoms with E-state index in [9.17, 15) is 14.7 Å². The highest BCUT2D eigenvalue weighted by atomic mass is 16.4. The number of fused-ring (bicyclic) bond motifs is 2. The van der Waals surface area contributed by atoms with Crippen LogP contribution in [0.1, 0.15) is 32.1 Å². The Morgan fingerprint density at radius 1 is 1.24 bits per heavy atom. The van der Waals surface area contributed by atoms with Gasteiger partial charge in [0.1, 0.15) is 0 Å². The minimum Gasteiger partial charge on any atom is -0.481 e. The molecule has 4 atom stereocenters. The fourth-order valence-electron chi connectivity index (χ4n) is 4.40. The number of likely N-dealkylation sites (N-methyl/N-ethyl adjacent to an activating group) is 1. The highest BCUT2D eigenvalue weighted by Crippen LogP contribution is 2.43. The third kappa shape index (κ3) is 2.50. The summed E-state index contributed by atoms with van der Waals surface area (Å²) in [6, 6.07) is 0.413. The number of likely N-dealkylation sites (tertiary alicyclic amines) is 1. The second kappa shape index (κ2) is 5.48. The maximum absolute atomic E-state index is 12.9. The van der Waals surface area contributed by atoms with Gasteiger partial charge in [0.2, 0.25) is 0 Å². The summed E-state index contributed by atoms with van der Waals surface area (Å²) < 4.78 is 0. The van der Waals surface area contributed by atoms with E-state index in [0.717, 1.165) is 38.8 Å². The lowest BCUT2D eigenvalue weighted by Gasteiger charge is -2.33. The number of hydrogen-bond acceptors (Lipinski definition) is 3. The average Bonchev–Trinajstić information content (AvgIpc) is 3.10. The molecule has 2 bridgehead atoms. The van der Waals surface area contributed by atoms with Gasteiger partial charge in [-0.25, -0.2) is 4.79 Å². The molecule has 3 fully saturated rings. The smallest absolute Gasteiger partial charge is 0.320 e. The van der Waals surface area contributed by atoms with E-state index in [1.165, 1.54) is 0 Å². The van der Waals surface area contributed by atoms with Gasteiger partial charge in [0.15, 0.2) is 0 Å². The molecule has 3 aliphatic heterocycles. The van der Waals surface area contributed by atoms with Crippen molar-refractivity contribution >= 4 is 12.0 Å². The molecule has 3 rings (SSSR count). The van der Waals surface area contributed by atoms with Crippen LogP contribution in [-0.4, -0.2) is 77.1 Å². The zero-order chi connectivity index (χ0) is 15.1. The first-order valence-corrected chi connectivity index (χ1v) is 7.95. The molecule has 2 amide bonds.